The molecule has 2 aliphatic carbocycles. The van der Waals surface area contributed by atoms with Gasteiger partial charge in [-0.3, -0.25) is 0 Å². The fourth-order valence-electron chi connectivity index (χ4n) is 5.41. The lowest BCUT2D eigenvalue weighted by atomic mass is 9.88. The first kappa shape index (κ1) is 25.2. The highest BCUT2D eigenvalue weighted by molar-refractivity contribution is 5.24. The minimum absolute atomic E-state index is 0.168. The Kier molecular flexibility index (Phi) is 8.77. The molecule has 2 aliphatic rings. The number of allylic oxidation sites excluding steroid dienone is 2. The van der Waals surface area contributed by atoms with Crippen molar-refractivity contribution in [2.24, 2.45) is 17.8 Å². The van der Waals surface area contributed by atoms with Crippen molar-refractivity contribution in [3.8, 4) is 0 Å². The maximum Gasteiger partial charge on any atom is 0.0761 e. The van der Waals surface area contributed by atoms with Crippen molar-refractivity contribution in [2.75, 3.05) is 13.6 Å². The van der Waals surface area contributed by atoms with Gasteiger partial charge in [0.25, 0.3) is 0 Å². The van der Waals surface area contributed by atoms with Crippen molar-refractivity contribution in [3.63, 3.8) is 0 Å². The topological polar surface area (TPSA) is 43.7 Å². The van der Waals surface area contributed by atoms with Gasteiger partial charge in [-0.15, -0.1) is 0 Å². The molecule has 1 aromatic rings. The van der Waals surface area contributed by atoms with Gasteiger partial charge in [0.1, 0.15) is 0 Å². The summed E-state index contributed by atoms with van der Waals surface area (Å²) in [4.78, 5) is 2.44. The summed E-state index contributed by atoms with van der Waals surface area (Å²) in [6.45, 7) is 10.1. The number of fused-ring (bicyclic) bond motifs is 1. The summed E-state index contributed by atoms with van der Waals surface area (Å²) in [5.41, 5.74) is 4.22. The quantitative estimate of drug-likeness (QED) is 0.364. The Hall–Kier alpha value is -1.42. The van der Waals surface area contributed by atoms with E-state index >= 15 is 0 Å². The molecule has 0 bridgehead atoms. The molecule has 2 N–H and O–H groups in total. The summed E-state index contributed by atoms with van der Waals surface area (Å²) in [5, 5.41) is 21.1. The molecule has 0 saturated heterocycles. The van der Waals surface area contributed by atoms with Gasteiger partial charge in [0.05, 0.1) is 12.2 Å². The Labute approximate surface area is 196 Å². The molecule has 0 radical (unpaired) electrons. The Bertz CT molecular complexity index is 791. The molecule has 0 spiro atoms. The van der Waals surface area contributed by atoms with E-state index in [-0.39, 0.29) is 17.6 Å². The lowest BCUT2D eigenvalue weighted by Gasteiger charge is -2.31. The van der Waals surface area contributed by atoms with Gasteiger partial charge in [-0.2, -0.15) is 0 Å². The Balaban J connectivity index is 1.43. The number of aryl methyl sites for hydroxylation is 1. The summed E-state index contributed by atoms with van der Waals surface area (Å²) in [7, 11) is 2.22. The third-order valence-electron chi connectivity index (χ3n) is 7.67. The number of unbranched alkanes of at least 4 members (excludes halogenated alkanes) is 2. The number of aliphatic hydroxyl groups is 2. The molecule has 0 heterocycles. The highest BCUT2D eigenvalue weighted by atomic mass is 16.3. The van der Waals surface area contributed by atoms with Crippen LogP contribution in [-0.2, 0) is 6.42 Å². The van der Waals surface area contributed by atoms with Crippen LogP contribution in [0.15, 0.2) is 48.1 Å². The number of nitrogens with zero attached hydrogens (tertiary/aromatic N) is 1. The Morgan fingerprint density at radius 3 is 2.69 bits per heavy atom. The van der Waals surface area contributed by atoms with Crippen LogP contribution >= 0.6 is 0 Å². The highest BCUT2D eigenvalue weighted by Gasteiger charge is 2.43. The molecule has 5 atom stereocenters. The monoisotopic (exact) mass is 439 g/mol. The minimum atomic E-state index is -0.497. The van der Waals surface area contributed by atoms with Gasteiger partial charge in [-0.1, -0.05) is 60.1 Å². The zero-order chi connectivity index (χ0) is 23.3. The van der Waals surface area contributed by atoms with Crippen LogP contribution in [-0.4, -0.2) is 46.5 Å². The normalized spacial score (nSPS) is 26.7. The molecule has 3 rings (SSSR count). The van der Waals surface area contributed by atoms with E-state index in [1.54, 1.807) is 5.57 Å². The third-order valence-corrected chi connectivity index (χ3v) is 7.67. The molecular weight excluding hydrogens is 394 g/mol. The van der Waals surface area contributed by atoms with Crippen molar-refractivity contribution in [1.82, 2.24) is 4.90 Å². The molecule has 3 heteroatoms. The zero-order valence-corrected chi connectivity index (χ0v) is 20.9. The van der Waals surface area contributed by atoms with Crippen LogP contribution < -0.4 is 0 Å². The Morgan fingerprint density at radius 1 is 1.19 bits per heavy atom. The van der Waals surface area contributed by atoms with Crippen LogP contribution in [0, 0.1) is 24.7 Å². The van der Waals surface area contributed by atoms with Crippen LogP contribution in [0.3, 0.4) is 0 Å². The van der Waals surface area contributed by atoms with E-state index in [0.717, 1.165) is 24.9 Å². The highest BCUT2D eigenvalue weighted by Crippen LogP contribution is 2.48. The van der Waals surface area contributed by atoms with Gasteiger partial charge < -0.3 is 15.1 Å². The molecule has 178 valence electrons. The summed E-state index contributed by atoms with van der Waals surface area (Å²) in [5.74, 6) is 1.19. The predicted molar refractivity (Wildman–Crippen MR) is 135 cm³/mol. The second-order valence-corrected chi connectivity index (χ2v) is 11.3. The van der Waals surface area contributed by atoms with Crippen molar-refractivity contribution >= 4 is 0 Å². The summed E-state index contributed by atoms with van der Waals surface area (Å²) in [6.07, 6.45) is 13.3. The number of hydrogen-bond acceptors (Lipinski definition) is 3. The smallest absolute Gasteiger partial charge is 0.0761 e. The first-order chi connectivity index (χ1) is 15.1. The number of aliphatic hydroxyl groups excluding tert-OH is 2. The number of hydrogen-bond donors (Lipinski definition) is 2. The SMILES string of the molecule is Cc1cccc(C[C@H](O)/C=C/[C@@H]2[C@H]3CC(CCCCCN(C)C(C)(C)C)=C[C@H]3C[C@H]2O)c1. The van der Waals surface area contributed by atoms with E-state index in [9.17, 15) is 10.2 Å². The van der Waals surface area contributed by atoms with E-state index in [4.69, 9.17) is 0 Å². The standard InChI is InChI=1S/C29H45NO2/c1-21-10-9-12-22(16-21)18-25(31)13-14-26-27-19-23(17-24(27)20-28(26)32)11-7-6-8-15-30(5)29(2,3)4/h9-10,12-14,16-17,24-28,31-32H,6-8,11,15,18-20H2,1-5H3/b14-13+/t24-,25+,26+,27-,28+/m0/s1. The average Bonchev–Trinajstić information content (AvgIpc) is 3.21. The van der Waals surface area contributed by atoms with Crippen LogP contribution in [0.1, 0.15) is 70.4 Å². The first-order valence-electron chi connectivity index (χ1n) is 12.6. The lowest BCUT2D eigenvalue weighted by molar-refractivity contribution is 0.140. The van der Waals surface area contributed by atoms with Gasteiger partial charge in [-0.05, 0) is 90.8 Å². The molecule has 3 nitrogen and oxygen atoms in total. The molecule has 0 aliphatic heterocycles. The maximum atomic E-state index is 10.6. The van der Waals surface area contributed by atoms with Gasteiger partial charge in [0.15, 0.2) is 0 Å². The van der Waals surface area contributed by atoms with Crippen LogP contribution in [0.5, 0.6) is 0 Å². The molecule has 0 unspecified atom stereocenters. The largest absolute Gasteiger partial charge is 0.392 e. The summed E-state index contributed by atoms with van der Waals surface area (Å²) >= 11 is 0. The molecule has 1 saturated carbocycles. The average molecular weight is 440 g/mol. The van der Waals surface area contributed by atoms with Crippen LogP contribution in [0.4, 0.5) is 0 Å². The fourth-order valence-corrected chi connectivity index (χ4v) is 5.41. The molecule has 0 amide bonds. The third kappa shape index (κ3) is 7.04. The van der Waals surface area contributed by atoms with Crippen molar-refractivity contribution < 1.29 is 10.2 Å². The van der Waals surface area contributed by atoms with Gasteiger partial charge >= 0.3 is 0 Å². The molecular formula is C29H45NO2. The second kappa shape index (κ2) is 11.1. The second-order valence-electron chi connectivity index (χ2n) is 11.3. The van der Waals surface area contributed by atoms with Crippen molar-refractivity contribution in [2.45, 2.75) is 90.4 Å². The van der Waals surface area contributed by atoms with E-state index in [1.165, 1.54) is 31.2 Å². The summed E-state index contributed by atoms with van der Waals surface area (Å²) < 4.78 is 0. The lowest BCUT2D eigenvalue weighted by Crippen LogP contribution is -2.38. The van der Waals surface area contributed by atoms with Crippen LogP contribution in [0.25, 0.3) is 0 Å². The number of benzene rings is 1. The van der Waals surface area contributed by atoms with Crippen molar-refractivity contribution in [1.29, 1.82) is 0 Å². The first-order valence-corrected chi connectivity index (χ1v) is 12.6. The maximum absolute atomic E-state index is 10.6. The fraction of sp³-hybridized carbons (Fsp3) is 0.655. The van der Waals surface area contributed by atoms with E-state index in [1.807, 2.05) is 12.1 Å². The van der Waals surface area contributed by atoms with Gasteiger partial charge in [-0.25, -0.2) is 0 Å². The van der Waals surface area contributed by atoms with E-state index in [2.05, 4.69) is 70.0 Å². The molecule has 0 aromatic heterocycles. The van der Waals surface area contributed by atoms with E-state index < -0.39 is 6.10 Å². The minimum Gasteiger partial charge on any atom is -0.392 e. The predicted octanol–water partition coefficient (Wildman–Crippen LogP) is 5.69. The summed E-state index contributed by atoms with van der Waals surface area (Å²) in [6, 6.07) is 8.32. The number of rotatable bonds is 10. The Morgan fingerprint density at radius 2 is 1.97 bits per heavy atom. The van der Waals surface area contributed by atoms with Crippen molar-refractivity contribution in [3.05, 3.63) is 59.2 Å². The van der Waals surface area contributed by atoms with Crippen LogP contribution in [0.2, 0.25) is 0 Å². The van der Waals surface area contributed by atoms with Gasteiger partial charge in [0, 0.05) is 17.9 Å². The molecule has 1 aromatic carbocycles. The van der Waals surface area contributed by atoms with Gasteiger partial charge in [0.2, 0.25) is 0 Å². The van der Waals surface area contributed by atoms with E-state index in [0.29, 0.717) is 18.3 Å². The zero-order valence-electron chi connectivity index (χ0n) is 20.9. The molecule has 1 fully saturated rings. The molecule has 32 heavy (non-hydrogen) atoms.